The molecule has 0 spiro atoms. The second kappa shape index (κ2) is 3.83. The molecule has 0 bridgehead atoms. The lowest BCUT2D eigenvalue weighted by Crippen LogP contribution is -2.29. The Morgan fingerprint density at radius 3 is 2.69 bits per heavy atom. The van der Waals surface area contributed by atoms with Gasteiger partial charge in [0, 0.05) is 0 Å². The van der Waals surface area contributed by atoms with E-state index in [1.807, 2.05) is 0 Å². The molecule has 2 aliphatic carbocycles. The average Bonchev–Trinajstić information content (AvgIpc) is 2.62. The van der Waals surface area contributed by atoms with Gasteiger partial charge in [0.05, 0.1) is 6.10 Å². The molecule has 1 fully saturated rings. The van der Waals surface area contributed by atoms with Gasteiger partial charge in [-0.05, 0) is 49.9 Å². The van der Waals surface area contributed by atoms with Crippen LogP contribution in [0.1, 0.15) is 39.0 Å². The van der Waals surface area contributed by atoms with E-state index in [2.05, 4.69) is 19.1 Å². The zero-order valence-electron chi connectivity index (χ0n) is 8.45. The number of aliphatic hydroxyl groups is 1. The van der Waals surface area contributed by atoms with E-state index >= 15 is 0 Å². The fourth-order valence-corrected chi connectivity index (χ4v) is 2.86. The summed E-state index contributed by atoms with van der Waals surface area (Å²) in [6.45, 7) is 2.19. The van der Waals surface area contributed by atoms with Crippen molar-refractivity contribution in [2.75, 3.05) is 0 Å². The van der Waals surface area contributed by atoms with Crippen molar-refractivity contribution in [2.24, 2.45) is 17.8 Å². The molecule has 0 aromatic rings. The van der Waals surface area contributed by atoms with Crippen LogP contribution >= 0.6 is 0 Å². The lowest BCUT2D eigenvalue weighted by Gasteiger charge is -2.33. The smallest absolute Gasteiger partial charge is 0.0566 e. The molecule has 1 saturated carbocycles. The summed E-state index contributed by atoms with van der Waals surface area (Å²) in [7, 11) is 0. The maximum atomic E-state index is 9.62. The zero-order chi connectivity index (χ0) is 9.26. The number of rotatable bonds is 1. The molecular weight excluding hydrogens is 160 g/mol. The molecule has 2 rings (SSSR count). The van der Waals surface area contributed by atoms with E-state index in [9.17, 15) is 5.11 Å². The van der Waals surface area contributed by atoms with Crippen LogP contribution in [0.3, 0.4) is 0 Å². The minimum atomic E-state index is -0.0263. The van der Waals surface area contributed by atoms with Crippen LogP contribution in [0.25, 0.3) is 0 Å². The highest BCUT2D eigenvalue weighted by Gasteiger charge is 2.30. The van der Waals surface area contributed by atoms with E-state index in [1.54, 1.807) is 0 Å². The Bertz CT molecular complexity index is 197. The van der Waals surface area contributed by atoms with Crippen LogP contribution in [0.2, 0.25) is 0 Å². The van der Waals surface area contributed by atoms with Crippen LogP contribution in [0.15, 0.2) is 12.2 Å². The molecule has 0 heterocycles. The first-order valence-electron chi connectivity index (χ1n) is 5.62. The molecule has 1 nitrogen and oxygen atoms in total. The van der Waals surface area contributed by atoms with Crippen molar-refractivity contribution in [1.29, 1.82) is 0 Å². The van der Waals surface area contributed by atoms with Crippen LogP contribution in [-0.4, -0.2) is 11.2 Å². The van der Waals surface area contributed by atoms with Gasteiger partial charge < -0.3 is 5.11 Å². The van der Waals surface area contributed by atoms with Gasteiger partial charge in [-0.1, -0.05) is 19.1 Å². The van der Waals surface area contributed by atoms with E-state index in [1.165, 1.54) is 25.7 Å². The quantitative estimate of drug-likeness (QED) is 0.615. The van der Waals surface area contributed by atoms with Crippen LogP contribution in [0.5, 0.6) is 0 Å². The summed E-state index contributed by atoms with van der Waals surface area (Å²) in [5.74, 6) is 2.21. The number of hydrogen-bond donors (Lipinski definition) is 1. The van der Waals surface area contributed by atoms with Gasteiger partial charge in [-0.25, -0.2) is 0 Å². The van der Waals surface area contributed by atoms with Gasteiger partial charge in [0.1, 0.15) is 0 Å². The molecule has 0 aliphatic heterocycles. The highest BCUT2D eigenvalue weighted by atomic mass is 16.3. The molecule has 1 heteroatoms. The molecule has 0 amide bonds. The highest BCUT2D eigenvalue weighted by molar-refractivity contribution is 5.00. The fraction of sp³-hybridized carbons (Fsp3) is 0.833. The molecule has 74 valence electrons. The Morgan fingerprint density at radius 2 is 2.08 bits per heavy atom. The van der Waals surface area contributed by atoms with Gasteiger partial charge >= 0.3 is 0 Å². The van der Waals surface area contributed by atoms with Gasteiger partial charge in [0.2, 0.25) is 0 Å². The van der Waals surface area contributed by atoms with E-state index in [0.29, 0.717) is 5.92 Å². The Balaban J connectivity index is 1.91. The van der Waals surface area contributed by atoms with Crippen LogP contribution in [0.4, 0.5) is 0 Å². The summed E-state index contributed by atoms with van der Waals surface area (Å²) in [4.78, 5) is 0. The lowest BCUT2D eigenvalue weighted by molar-refractivity contribution is 0.0476. The lowest BCUT2D eigenvalue weighted by atomic mass is 9.74. The molecule has 1 N–H and O–H groups in total. The van der Waals surface area contributed by atoms with Gasteiger partial charge in [-0.2, -0.15) is 0 Å². The summed E-state index contributed by atoms with van der Waals surface area (Å²) in [6.07, 6.45) is 10.8. The third-order valence-electron chi connectivity index (χ3n) is 3.82. The molecule has 13 heavy (non-hydrogen) atoms. The second-order valence-corrected chi connectivity index (χ2v) is 4.79. The van der Waals surface area contributed by atoms with Crippen LogP contribution < -0.4 is 0 Å². The summed E-state index contributed by atoms with van der Waals surface area (Å²) in [5.41, 5.74) is 0. The Kier molecular flexibility index (Phi) is 2.73. The maximum absolute atomic E-state index is 9.62. The monoisotopic (exact) mass is 180 g/mol. The predicted molar refractivity (Wildman–Crippen MR) is 54.4 cm³/mol. The van der Waals surface area contributed by atoms with Crippen molar-refractivity contribution < 1.29 is 5.11 Å². The van der Waals surface area contributed by atoms with E-state index in [0.717, 1.165) is 18.3 Å². The predicted octanol–water partition coefficient (Wildman–Crippen LogP) is 2.75. The number of allylic oxidation sites excluding steroid dienone is 2. The van der Waals surface area contributed by atoms with E-state index < -0.39 is 0 Å². The molecular formula is C12H20O. The summed E-state index contributed by atoms with van der Waals surface area (Å²) in [6, 6.07) is 0. The molecule has 0 aromatic heterocycles. The van der Waals surface area contributed by atoms with Gasteiger partial charge in [-0.3, -0.25) is 0 Å². The fourth-order valence-electron chi connectivity index (χ4n) is 2.86. The number of hydrogen-bond acceptors (Lipinski definition) is 1. The molecule has 0 radical (unpaired) electrons. The minimum Gasteiger partial charge on any atom is -0.393 e. The van der Waals surface area contributed by atoms with Crippen molar-refractivity contribution in [2.45, 2.75) is 45.1 Å². The third kappa shape index (κ3) is 1.96. The standard InChI is InChI=1S/C12H20O/c1-9-8-11(6-7-12(9)13)10-4-2-3-5-10/h2,4,9-13H,3,5-8H2,1H3. The molecule has 4 atom stereocenters. The molecule has 2 aliphatic rings. The van der Waals surface area contributed by atoms with Gasteiger partial charge in [0.25, 0.3) is 0 Å². The summed E-state index contributed by atoms with van der Waals surface area (Å²) in [5, 5.41) is 9.62. The zero-order valence-corrected chi connectivity index (χ0v) is 8.45. The van der Waals surface area contributed by atoms with Crippen molar-refractivity contribution >= 4 is 0 Å². The van der Waals surface area contributed by atoms with Crippen LogP contribution in [-0.2, 0) is 0 Å². The Labute approximate surface area is 80.8 Å². The number of aliphatic hydroxyl groups excluding tert-OH is 1. The molecule has 0 saturated heterocycles. The van der Waals surface area contributed by atoms with E-state index in [4.69, 9.17) is 0 Å². The van der Waals surface area contributed by atoms with Crippen molar-refractivity contribution in [3.05, 3.63) is 12.2 Å². The molecule has 0 aromatic carbocycles. The minimum absolute atomic E-state index is 0.0263. The first-order chi connectivity index (χ1) is 6.27. The first kappa shape index (κ1) is 9.26. The first-order valence-corrected chi connectivity index (χ1v) is 5.62. The van der Waals surface area contributed by atoms with Crippen molar-refractivity contribution in [3.8, 4) is 0 Å². The topological polar surface area (TPSA) is 20.2 Å². The summed E-state index contributed by atoms with van der Waals surface area (Å²) < 4.78 is 0. The average molecular weight is 180 g/mol. The third-order valence-corrected chi connectivity index (χ3v) is 3.82. The highest BCUT2D eigenvalue weighted by Crippen LogP contribution is 2.38. The Hall–Kier alpha value is -0.300. The Morgan fingerprint density at radius 1 is 1.23 bits per heavy atom. The molecule has 4 unspecified atom stereocenters. The van der Waals surface area contributed by atoms with Crippen LogP contribution in [0, 0.1) is 17.8 Å². The van der Waals surface area contributed by atoms with Gasteiger partial charge in [0.15, 0.2) is 0 Å². The van der Waals surface area contributed by atoms with Crippen molar-refractivity contribution in [3.63, 3.8) is 0 Å². The normalized spacial score (nSPS) is 45.4. The largest absolute Gasteiger partial charge is 0.393 e. The second-order valence-electron chi connectivity index (χ2n) is 4.79. The van der Waals surface area contributed by atoms with Crippen molar-refractivity contribution in [1.82, 2.24) is 0 Å². The maximum Gasteiger partial charge on any atom is 0.0566 e. The van der Waals surface area contributed by atoms with Gasteiger partial charge in [-0.15, -0.1) is 0 Å². The van der Waals surface area contributed by atoms with E-state index in [-0.39, 0.29) is 6.10 Å². The SMILES string of the molecule is CC1CC(C2C=CCC2)CCC1O. The summed E-state index contributed by atoms with van der Waals surface area (Å²) >= 11 is 0.